The molecule has 4 rings (SSSR count). The molecule has 1 aliphatic carbocycles. The van der Waals surface area contributed by atoms with Crippen LogP contribution < -0.4 is 5.32 Å². The molecule has 0 bridgehead atoms. The number of ketones is 1. The van der Waals surface area contributed by atoms with Crippen molar-refractivity contribution in [1.82, 2.24) is 10.2 Å². The van der Waals surface area contributed by atoms with Crippen LogP contribution in [-0.4, -0.2) is 62.1 Å². The van der Waals surface area contributed by atoms with Gasteiger partial charge in [-0.25, -0.2) is 0 Å². The summed E-state index contributed by atoms with van der Waals surface area (Å²) in [7, 11) is 1.74. The van der Waals surface area contributed by atoms with Crippen molar-refractivity contribution in [3.8, 4) is 0 Å². The topological polar surface area (TPSA) is 67.9 Å². The third kappa shape index (κ3) is 5.81. The van der Waals surface area contributed by atoms with Gasteiger partial charge in [0.15, 0.2) is 5.78 Å². The zero-order valence-corrected chi connectivity index (χ0v) is 19.9. The van der Waals surface area contributed by atoms with Gasteiger partial charge >= 0.3 is 0 Å². The number of benzene rings is 2. The number of rotatable bonds is 11. The minimum atomic E-state index is -0.444. The number of methoxy groups -OCH3 is 1. The molecule has 0 spiro atoms. The van der Waals surface area contributed by atoms with Crippen LogP contribution in [0.2, 0.25) is 0 Å². The van der Waals surface area contributed by atoms with Crippen LogP contribution in [0.5, 0.6) is 0 Å². The summed E-state index contributed by atoms with van der Waals surface area (Å²) in [5.74, 6) is 0.0834. The zero-order chi connectivity index (χ0) is 23.2. The first kappa shape index (κ1) is 23.9. The quantitative estimate of drug-likeness (QED) is 0.414. The standard InChI is InChI=1S/C27H36N2O4/c1-19(30)26-21(18-29(22-11-12-22)27(31)25-17-28-13-15-33-25)16-20(8-4-3-7-14-32-2)23-9-5-6-10-24(23)26/h5-6,9-10,16,22,25,28H,3-4,7-8,11-15,17-18H2,1-2H3/t25-/m1/s1. The lowest BCUT2D eigenvalue weighted by Crippen LogP contribution is -2.49. The van der Waals surface area contributed by atoms with E-state index in [4.69, 9.17) is 9.47 Å². The van der Waals surface area contributed by atoms with Gasteiger partial charge in [-0.15, -0.1) is 0 Å². The van der Waals surface area contributed by atoms with Gasteiger partial charge in [0.1, 0.15) is 6.10 Å². The maximum absolute atomic E-state index is 13.4. The van der Waals surface area contributed by atoms with E-state index in [1.807, 2.05) is 23.1 Å². The Morgan fingerprint density at radius 1 is 1.12 bits per heavy atom. The molecular weight excluding hydrogens is 416 g/mol. The lowest BCUT2D eigenvalue weighted by molar-refractivity contribution is -0.146. The highest BCUT2D eigenvalue weighted by atomic mass is 16.5. The Kier molecular flexibility index (Phi) is 8.12. The second-order valence-electron chi connectivity index (χ2n) is 9.24. The summed E-state index contributed by atoms with van der Waals surface area (Å²) in [5, 5.41) is 5.39. The summed E-state index contributed by atoms with van der Waals surface area (Å²) in [5.41, 5.74) is 2.95. The predicted octanol–water partition coefficient (Wildman–Crippen LogP) is 3.88. The minimum Gasteiger partial charge on any atom is -0.385 e. The molecule has 1 saturated carbocycles. The maximum Gasteiger partial charge on any atom is 0.253 e. The number of aryl methyl sites for hydroxylation is 1. The second-order valence-corrected chi connectivity index (χ2v) is 9.24. The van der Waals surface area contributed by atoms with Gasteiger partial charge in [-0.1, -0.05) is 36.8 Å². The van der Waals surface area contributed by atoms with Gasteiger partial charge in [0, 0.05) is 45.0 Å². The van der Waals surface area contributed by atoms with Crippen LogP contribution in [-0.2, 0) is 27.2 Å². The highest BCUT2D eigenvalue weighted by molar-refractivity contribution is 6.09. The molecule has 0 aromatic heterocycles. The van der Waals surface area contributed by atoms with E-state index >= 15 is 0 Å². The van der Waals surface area contributed by atoms with Crippen molar-refractivity contribution in [2.45, 2.75) is 64.1 Å². The van der Waals surface area contributed by atoms with E-state index < -0.39 is 6.10 Å². The summed E-state index contributed by atoms with van der Waals surface area (Å²) < 4.78 is 10.9. The van der Waals surface area contributed by atoms with Crippen molar-refractivity contribution in [2.24, 2.45) is 0 Å². The fourth-order valence-electron chi connectivity index (χ4n) is 4.87. The summed E-state index contributed by atoms with van der Waals surface area (Å²) in [6, 6.07) is 10.6. The molecule has 2 aliphatic rings. The Bertz CT molecular complexity index is 979. The second kappa shape index (κ2) is 11.2. The van der Waals surface area contributed by atoms with Crippen molar-refractivity contribution >= 4 is 22.5 Å². The van der Waals surface area contributed by atoms with Crippen LogP contribution >= 0.6 is 0 Å². The molecule has 6 nitrogen and oxygen atoms in total. The number of nitrogens with one attached hydrogen (secondary N) is 1. The van der Waals surface area contributed by atoms with E-state index in [2.05, 4.69) is 17.4 Å². The molecule has 1 heterocycles. The van der Waals surface area contributed by atoms with Gasteiger partial charge < -0.3 is 19.7 Å². The van der Waals surface area contributed by atoms with E-state index in [0.29, 0.717) is 19.7 Å². The van der Waals surface area contributed by atoms with Crippen LogP contribution in [0.4, 0.5) is 0 Å². The van der Waals surface area contributed by atoms with E-state index in [1.165, 1.54) is 5.56 Å². The van der Waals surface area contributed by atoms with Gasteiger partial charge in [0.2, 0.25) is 0 Å². The first-order chi connectivity index (χ1) is 16.1. The van der Waals surface area contributed by atoms with Crippen molar-refractivity contribution < 1.29 is 19.1 Å². The predicted molar refractivity (Wildman–Crippen MR) is 130 cm³/mol. The van der Waals surface area contributed by atoms with Crippen molar-refractivity contribution in [3.63, 3.8) is 0 Å². The number of nitrogens with zero attached hydrogens (tertiary/aromatic N) is 1. The Morgan fingerprint density at radius 2 is 1.91 bits per heavy atom. The Balaban J connectivity index is 1.65. The van der Waals surface area contributed by atoms with Crippen molar-refractivity contribution in [2.75, 3.05) is 33.4 Å². The molecule has 6 heteroatoms. The number of morpholine rings is 1. The number of unbranched alkanes of at least 4 members (excludes halogenated alkanes) is 2. The van der Waals surface area contributed by atoms with Crippen LogP contribution in [0.15, 0.2) is 30.3 Å². The molecule has 1 aliphatic heterocycles. The van der Waals surface area contributed by atoms with E-state index in [0.717, 1.165) is 73.6 Å². The summed E-state index contributed by atoms with van der Waals surface area (Å²) >= 11 is 0. The number of fused-ring (bicyclic) bond motifs is 1. The highest BCUT2D eigenvalue weighted by Crippen LogP contribution is 2.33. The normalized spacial score (nSPS) is 18.4. The SMILES string of the molecule is COCCCCCc1cc(CN(C(=O)[C@H]2CNCCO2)C2CC2)c(C(C)=O)c2ccccc12. The Labute approximate surface area is 196 Å². The first-order valence-electron chi connectivity index (χ1n) is 12.3. The molecule has 0 radical (unpaired) electrons. The molecule has 2 fully saturated rings. The lowest BCUT2D eigenvalue weighted by atomic mass is 9.90. The molecule has 1 N–H and O–H groups in total. The number of hydrogen-bond acceptors (Lipinski definition) is 5. The number of amides is 1. The fourth-order valence-corrected chi connectivity index (χ4v) is 4.87. The number of carbonyl (C=O) groups is 2. The first-order valence-corrected chi connectivity index (χ1v) is 12.3. The van der Waals surface area contributed by atoms with Crippen LogP contribution in [0, 0.1) is 0 Å². The van der Waals surface area contributed by atoms with Crippen LogP contribution in [0.25, 0.3) is 10.8 Å². The number of carbonyl (C=O) groups excluding carboxylic acids is 2. The smallest absolute Gasteiger partial charge is 0.253 e. The molecule has 2 aromatic carbocycles. The lowest BCUT2D eigenvalue weighted by Gasteiger charge is -2.31. The third-order valence-corrected chi connectivity index (χ3v) is 6.67. The van der Waals surface area contributed by atoms with Gasteiger partial charge in [0.05, 0.1) is 6.61 Å². The van der Waals surface area contributed by atoms with E-state index in [-0.39, 0.29) is 17.7 Å². The number of ether oxygens (including phenoxy) is 2. The Hall–Kier alpha value is -2.28. The molecule has 1 atom stereocenters. The monoisotopic (exact) mass is 452 g/mol. The minimum absolute atomic E-state index is 0.0356. The number of hydrogen-bond donors (Lipinski definition) is 1. The highest BCUT2D eigenvalue weighted by Gasteiger charge is 2.37. The molecule has 33 heavy (non-hydrogen) atoms. The van der Waals surface area contributed by atoms with Gasteiger partial charge in [-0.2, -0.15) is 0 Å². The van der Waals surface area contributed by atoms with E-state index in [9.17, 15) is 9.59 Å². The summed E-state index contributed by atoms with van der Waals surface area (Å²) in [6.07, 6.45) is 5.75. The van der Waals surface area contributed by atoms with E-state index in [1.54, 1.807) is 14.0 Å². The molecule has 1 saturated heterocycles. The van der Waals surface area contributed by atoms with Gasteiger partial charge in [-0.05, 0) is 60.9 Å². The number of Topliss-reactive ketones (excluding diaryl/α,β-unsaturated/α-hetero) is 1. The molecule has 178 valence electrons. The molecule has 1 amide bonds. The van der Waals surface area contributed by atoms with Gasteiger partial charge in [0.25, 0.3) is 5.91 Å². The summed E-state index contributed by atoms with van der Waals surface area (Å²) in [4.78, 5) is 28.1. The van der Waals surface area contributed by atoms with Crippen LogP contribution in [0.1, 0.15) is 60.5 Å². The van der Waals surface area contributed by atoms with Crippen molar-refractivity contribution in [1.29, 1.82) is 0 Å². The molecule has 0 unspecified atom stereocenters. The largest absolute Gasteiger partial charge is 0.385 e. The maximum atomic E-state index is 13.4. The average Bonchev–Trinajstić information content (AvgIpc) is 3.67. The fraction of sp³-hybridized carbons (Fsp3) is 0.556. The zero-order valence-electron chi connectivity index (χ0n) is 19.9. The average molecular weight is 453 g/mol. The third-order valence-electron chi connectivity index (χ3n) is 6.67. The van der Waals surface area contributed by atoms with Crippen molar-refractivity contribution in [3.05, 3.63) is 47.0 Å². The molecular formula is C27H36N2O4. The van der Waals surface area contributed by atoms with Crippen LogP contribution in [0.3, 0.4) is 0 Å². The molecule has 2 aromatic rings. The summed E-state index contributed by atoms with van der Waals surface area (Å²) in [6.45, 7) is 4.75. The van der Waals surface area contributed by atoms with Gasteiger partial charge in [-0.3, -0.25) is 9.59 Å². The Morgan fingerprint density at radius 3 is 2.58 bits per heavy atom.